The maximum absolute atomic E-state index is 12.1. The third-order valence-corrected chi connectivity index (χ3v) is 1.58. The Hall–Kier alpha value is -1.48. The van der Waals surface area contributed by atoms with Crippen molar-refractivity contribution in [1.29, 1.82) is 5.26 Å². The van der Waals surface area contributed by atoms with Crippen molar-refractivity contribution in [3.05, 3.63) is 23.7 Å². The summed E-state index contributed by atoms with van der Waals surface area (Å²) in [4.78, 5) is 0. The normalized spacial score (nSPS) is 13.6. The van der Waals surface area contributed by atoms with Crippen molar-refractivity contribution < 1.29 is 17.6 Å². The summed E-state index contributed by atoms with van der Waals surface area (Å²) in [5.74, 6) is -1.13. The summed E-state index contributed by atoms with van der Waals surface area (Å²) in [6.07, 6.45) is -4.59. The minimum atomic E-state index is -4.51. The van der Waals surface area contributed by atoms with Crippen molar-refractivity contribution in [2.45, 2.75) is 18.6 Å². The molecule has 2 N–H and O–H groups in total. The zero-order valence-corrected chi connectivity index (χ0v) is 7.01. The van der Waals surface area contributed by atoms with Crippen LogP contribution in [0.4, 0.5) is 13.2 Å². The van der Waals surface area contributed by atoms with E-state index in [0.717, 1.165) is 12.1 Å². The first-order valence-electron chi connectivity index (χ1n) is 3.74. The smallest absolute Gasteiger partial charge is 0.449 e. The molecule has 0 saturated carbocycles. The number of hydrogen-bond donors (Lipinski definition) is 1. The molecule has 1 aromatic heterocycles. The van der Waals surface area contributed by atoms with Gasteiger partial charge in [0.25, 0.3) is 0 Å². The molecule has 6 heteroatoms. The Bertz CT molecular complexity index is 350. The summed E-state index contributed by atoms with van der Waals surface area (Å²) >= 11 is 0. The molecule has 1 unspecified atom stereocenters. The van der Waals surface area contributed by atoms with E-state index in [9.17, 15) is 13.2 Å². The van der Waals surface area contributed by atoms with E-state index in [1.165, 1.54) is 0 Å². The van der Waals surface area contributed by atoms with Gasteiger partial charge >= 0.3 is 6.18 Å². The van der Waals surface area contributed by atoms with Crippen LogP contribution in [0.1, 0.15) is 24.0 Å². The highest BCUT2D eigenvalue weighted by atomic mass is 19.4. The Kier molecular flexibility index (Phi) is 2.81. The van der Waals surface area contributed by atoms with Crippen molar-refractivity contribution in [1.82, 2.24) is 0 Å². The fourth-order valence-corrected chi connectivity index (χ4v) is 0.903. The molecule has 0 amide bonds. The first kappa shape index (κ1) is 10.6. The van der Waals surface area contributed by atoms with E-state index in [2.05, 4.69) is 4.42 Å². The van der Waals surface area contributed by atoms with Crippen LogP contribution in [0.5, 0.6) is 0 Å². The Morgan fingerprint density at radius 2 is 2.14 bits per heavy atom. The van der Waals surface area contributed by atoms with Crippen LogP contribution >= 0.6 is 0 Å². The molecule has 1 aromatic rings. The van der Waals surface area contributed by atoms with Crippen molar-refractivity contribution in [2.24, 2.45) is 5.73 Å². The highest BCUT2D eigenvalue weighted by Crippen LogP contribution is 2.32. The van der Waals surface area contributed by atoms with Crippen LogP contribution in [0.15, 0.2) is 16.5 Å². The van der Waals surface area contributed by atoms with Crippen LogP contribution in [-0.4, -0.2) is 0 Å². The molecule has 0 fully saturated rings. The van der Waals surface area contributed by atoms with Gasteiger partial charge in [-0.1, -0.05) is 0 Å². The second-order valence-corrected chi connectivity index (χ2v) is 2.67. The van der Waals surface area contributed by atoms with Crippen LogP contribution in [0.25, 0.3) is 0 Å². The van der Waals surface area contributed by atoms with Crippen LogP contribution < -0.4 is 5.73 Å². The minimum absolute atomic E-state index is 0.0288. The molecule has 0 aliphatic carbocycles. The number of halogens is 3. The van der Waals surface area contributed by atoms with Crippen molar-refractivity contribution in [3.8, 4) is 6.07 Å². The number of nitrogens with zero attached hydrogens (tertiary/aromatic N) is 1. The van der Waals surface area contributed by atoms with Gasteiger partial charge in [-0.25, -0.2) is 0 Å². The molecule has 76 valence electrons. The number of alkyl halides is 3. The van der Waals surface area contributed by atoms with Gasteiger partial charge in [-0.05, 0) is 12.1 Å². The molecular weight excluding hydrogens is 197 g/mol. The fraction of sp³-hybridized carbons (Fsp3) is 0.375. The van der Waals surface area contributed by atoms with E-state index < -0.39 is 18.0 Å². The Morgan fingerprint density at radius 1 is 1.50 bits per heavy atom. The molecule has 0 bridgehead atoms. The van der Waals surface area contributed by atoms with Gasteiger partial charge in [-0.2, -0.15) is 18.4 Å². The molecule has 3 nitrogen and oxygen atoms in total. The lowest BCUT2D eigenvalue weighted by Gasteiger charge is -2.04. The topological polar surface area (TPSA) is 63.0 Å². The summed E-state index contributed by atoms with van der Waals surface area (Å²) in [6.45, 7) is 0. The minimum Gasteiger partial charge on any atom is -0.455 e. The number of furan rings is 1. The van der Waals surface area contributed by atoms with Gasteiger partial charge in [0.1, 0.15) is 5.76 Å². The summed E-state index contributed by atoms with van der Waals surface area (Å²) in [5, 5.41) is 8.27. The van der Waals surface area contributed by atoms with Crippen LogP contribution in [0.3, 0.4) is 0 Å². The lowest BCUT2D eigenvalue weighted by molar-refractivity contribution is -0.153. The quantitative estimate of drug-likeness (QED) is 0.803. The highest BCUT2D eigenvalue weighted by Gasteiger charge is 2.35. The van der Waals surface area contributed by atoms with Crippen molar-refractivity contribution >= 4 is 0 Å². The average molecular weight is 204 g/mol. The van der Waals surface area contributed by atoms with Gasteiger partial charge in [0.05, 0.1) is 18.5 Å². The highest BCUT2D eigenvalue weighted by molar-refractivity contribution is 5.13. The summed E-state index contributed by atoms with van der Waals surface area (Å²) in [5.41, 5.74) is 5.38. The number of rotatable bonds is 2. The third-order valence-electron chi connectivity index (χ3n) is 1.58. The predicted molar refractivity (Wildman–Crippen MR) is 40.9 cm³/mol. The van der Waals surface area contributed by atoms with E-state index in [0.29, 0.717) is 0 Å². The van der Waals surface area contributed by atoms with Crippen LogP contribution in [0, 0.1) is 11.3 Å². The third kappa shape index (κ3) is 2.26. The zero-order valence-electron chi connectivity index (χ0n) is 7.01. The van der Waals surface area contributed by atoms with Crippen molar-refractivity contribution in [3.63, 3.8) is 0 Å². The predicted octanol–water partition coefficient (Wildman–Crippen LogP) is 2.21. The van der Waals surface area contributed by atoms with E-state index in [1.807, 2.05) is 0 Å². The standard InChI is InChI=1S/C8H7F3N2O/c9-8(10,11)7-2-1-6(14-7)5(13)3-4-12/h1-2,5H,3,13H2. The molecule has 1 atom stereocenters. The summed E-state index contributed by atoms with van der Waals surface area (Å²) < 4.78 is 40.6. The molecule has 14 heavy (non-hydrogen) atoms. The molecule has 0 radical (unpaired) electrons. The van der Waals surface area contributed by atoms with Crippen LogP contribution in [-0.2, 0) is 6.18 Å². The zero-order chi connectivity index (χ0) is 10.8. The Labute approximate surface area is 77.9 Å². The maximum Gasteiger partial charge on any atom is 0.449 e. The first-order valence-corrected chi connectivity index (χ1v) is 3.74. The first-order chi connectivity index (χ1) is 6.45. The molecule has 0 spiro atoms. The lowest BCUT2D eigenvalue weighted by Crippen LogP contribution is -2.08. The van der Waals surface area contributed by atoms with E-state index >= 15 is 0 Å². The fourth-order valence-electron chi connectivity index (χ4n) is 0.903. The molecule has 1 rings (SSSR count). The number of nitriles is 1. The summed E-state index contributed by atoms with van der Waals surface area (Å²) in [7, 11) is 0. The number of nitrogens with two attached hydrogens (primary N) is 1. The maximum atomic E-state index is 12.1. The second kappa shape index (κ2) is 3.72. The molecule has 0 aliphatic rings. The monoisotopic (exact) mass is 204 g/mol. The van der Waals surface area contributed by atoms with Gasteiger partial charge in [0, 0.05) is 0 Å². The van der Waals surface area contributed by atoms with Gasteiger partial charge in [-0.15, -0.1) is 0 Å². The molecular formula is C8H7F3N2O. The SMILES string of the molecule is N#CCC(N)c1ccc(C(F)(F)F)o1. The number of hydrogen-bond acceptors (Lipinski definition) is 3. The van der Waals surface area contributed by atoms with Crippen LogP contribution in [0.2, 0.25) is 0 Å². The molecule has 0 aromatic carbocycles. The summed E-state index contributed by atoms with van der Waals surface area (Å²) in [6, 6.07) is 2.87. The van der Waals surface area contributed by atoms with Gasteiger partial charge in [-0.3, -0.25) is 0 Å². The van der Waals surface area contributed by atoms with E-state index in [4.69, 9.17) is 11.0 Å². The van der Waals surface area contributed by atoms with E-state index in [1.54, 1.807) is 6.07 Å². The molecule has 0 aliphatic heterocycles. The molecule has 1 heterocycles. The van der Waals surface area contributed by atoms with Gasteiger partial charge in [0.2, 0.25) is 5.76 Å². The Balaban J connectivity index is 2.84. The van der Waals surface area contributed by atoms with Crippen molar-refractivity contribution in [2.75, 3.05) is 0 Å². The Morgan fingerprint density at radius 3 is 2.57 bits per heavy atom. The van der Waals surface area contributed by atoms with Gasteiger partial charge < -0.3 is 10.2 Å². The van der Waals surface area contributed by atoms with E-state index in [-0.39, 0.29) is 12.2 Å². The molecule has 0 saturated heterocycles. The van der Waals surface area contributed by atoms with Gasteiger partial charge in [0.15, 0.2) is 0 Å². The largest absolute Gasteiger partial charge is 0.455 e. The lowest BCUT2D eigenvalue weighted by atomic mass is 10.2. The second-order valence-electron chi connectivity index (χ2n) is 2.67. The average Bonchev–Trinajstić information content (AvgIpc) is 2.51.